The van der Waals surface area contributed by atoms with Crippen molar-refractivity contribution in [3.63, 3.8) is 0 Å². The zero-order valence-corrected chi connectivity index (χ0v) is 16.9. The molecule has 166 valence electrons. The number of benzene rings is 1. The normalized spacial score (nSPS) is 18.2. The predicted molar refractivity (Wildman–Crippen MR) is 111 cm³/mol. The highest BCUT2D eigenvalue weighted by atomic mass is 19.1. The molecule has 0 unspecified atom stereocenters. The first-order chi connectivity index (χ1) is 15.4. The summed E-state index contributed by atoms with van der Waals surface area (Å²) in [6.45, 7) is 0.499. The Hall–Kier alpha value is -3.98. The highest BCUT2D eigenvalue weighted by molar-refractivity contribution is 5.84. The molecule has 1 aromatic carbocycles. The molecule has 0 saturated carbocycles. The third-order valence-corrected chi connectivity index (χ3v) is 5.15. The number of rotatable bonds is 5. The molecule has 12 heteroatoms. The summed E-state index contributed by atoms with van der Waals surface area (Å²) in [5.41, 5.74) is 0.967. The van der Waals surface area contributed by atoms with Crippen molar-refractivity contribution in [3.8, 4) is 6.07 Å². The van der Waals surface area contributed by atoms with Crippen LogP contribution in [-0.4, -0.2) is 51.3 Å². The molecule has 0 spiro atoms. The molecule has 4 N–H and O–H groups in total. The average molecular weight is 443 g/mol. The largest absolute Gasteiger partial charge is 0.465 e. The molecule has 1 aliphatic rings. The van der Waals surface area contributed by atoms with Crippen molar-refractivity contribution in [3.05, 3.63) is 41.6 Å². The number of amides is 1. The lowest BCUT2D eigenvalue weighted by Gasteiger charge is -2.32. The number of fused-ring (bicyclic) bond motifs is 1. The lowest BCUT2D eigenvalue weighted by molar-refractivity contribution is 0.0625. The molecule has 2 atom stereocenters. The van der Waals surface area contributed by atoms with Crippen molar-refractivity contribution < 1.29 is 23.4 Å². The third kappa shape index (κ3) is 4.23. The van der Waals surface area contributed by atoms with Gasteiger partial charge in [0.05, 0.1) is 35.2 Å². The molecular weight excluding hydrogens is 424 g/mol. The van der Waals surface area contributed by atoms with Crippen LogP contribution >= 0.6 is 0 Å². The van der Waals surface area contributed by atoms with Gasteiger partial charge in [-0.3, -0.25) is 4.68 Å². The van der Waals surface area contributed by atoms with Gasteiger partial charge in [0.15, 0.2) is 17.5 Å². The van der Waals surface area contributed by atoms with E-state index in [9.17, 15) is 18.8 Å². The van der Waals surface area contributed by atoms with Gasteiger partial charge in [0, 0.05) is 19.3 Å². The van der Waals surface area contributed by atoms with E-state index in [4.69, 9.17) is 9.84 Å². The molecule has 0 bridgehead atoms. The summed E-state index contributed by atoms with van der Waals surface area (Å²) < 4.78 is 35.4. The molecule has 2 aromatic heterocycles. The van der Waals surface area contributed by atoms with Gasteiger partial charge < -0.3 is 25.8 Å². The molecule has 10 nitrogen and oxygen atoms in total. The second-order valence-electron chi connectivity index (χ2n) is 7.27. The summed E-state index contributed by atoms with van der Waals surface area (Å²) in [6, 6.07) is 6.67. The van der Waals surface area contributed by atoms with Gasteiger partial charge in [-0.05, 0) is 30.7 Å². The standard InChI is InChI=1S/C20H19F2N7O3/c1-29-16-3-2-11(7-12(16)17(22)28-29)24-18-10(8-23)6-13(21)19(27-18)25-14-4-5-32-9-15(14)26-20(30)31/h2-3,6-7,14-15,26H,4-5,9H2,1H3,(H,30,31)(H2,24,25,27)/t14-,15+/m1/s1. The van der Waals surface area contributed by atoms with Crippen molar-refractivity contribution >= 4 is 34.3 Å². The van der Waals surface area contributed by atoms with Crippen molar-refractivity contribution in [2.24, 2.45) is 7.05 Å². The van der Waals surface area contributed by atoms with Crippen LogP contribution in [0.4, 0.5) is 30.9 Å². The Morgan fingerprint density at radius 3 is 2.88 bits per heavy atom. The number of hydrogen-bond acceptors (Lipinski definition) is 7. The van der Waals surface area contributed by atoms with Crippen LogP contribution in [0.25, 0.3) is 10.9 Å². The molecule has 3 aromatic rings. The highest BCUT2D eigenvalue weighted by Crippen LogP contribution is 2.27. The lowest BCUT2D eigenvalue weighted by Crippen LogP contribution is -2.52. The van der Waals surface area contributed by atoms with E-state index >= 15 is 0 Å². The fraction of sp³-hybridized carbons (Fsp3) is 0.300. The Kier molecular flexibility index (Phi) is 5.74. The van der Waals surface area contributed by atoms with E-state index in [2.05, 4.69) is 26.0 Å². The molecule has 1 fully saturated rings. The van der Waals surface area contributed by atoms with Crippen molar-refractivity contribution in [2.45, 2.75) is 18.5 Å². The quantitative estimate of drug-likeness (QED) is 0.472. The number of nitrogens with one attached hydrogen (secondary N) is 3. The zero-order chi connectivity index (χ0) is 22.8. The smallest absolute Gasteiger partial charge is 0.405 e. The second kappa shape index (κ2) is 8.64. The van der Waals surface area contributed by atoms with Gasteiger partial charge in [-0.15, -0.1) is 5.10 Å². The summed E-state index contributed by atoms with van der Waals surface area (Å²) in [5.74, 6) is -1.49. The number of nitriles is 1. The first-order valence-corrected chi connectivity index (χ1v) is 9.69. The van der Waals surface area contributed by atoms with E-state index in [0.29, 0.717) is 24.2 Å². The molecule has 4 rings (SSSR count). The fourth-order valence-electron chi connectivity index (χ4n) is 3.60. The maximum atomic E-state index is 14.6. The van der Waals surface area contributed by atoms with Gasteiger partial charge in [0.1, 0.15) is 6.07 Å². The fourth-order valence-corrected chi connectivity index (χ4v) is 3.60. The number of aryl methyl sites for hydroxylation is 1. The summed E-state index contributed by atoms with van der Waals surface area (Å²) >= 11 is 0. The van der Waals surface area contributed by atoms with Gasteiger partial charge in [-0.2, -0.15) is 9.65 Å². The molecule has 1 amide bonds. The third-order valence-electron chi connectivity index (χ3n) is 5.15. The number of halogens is 2. The van der Waals surface area contributed by atoms with Crippen LogP contribution in [0, 0.1) is 23.1 Å². The Balaban J connectivity index is 1.63. The summed E-state index contributed by atoms with van der Waals surface area (Å²) in [6.07, 6.45) is -0.799. The lowest BCUT2D eigenvalue weighted by atomic mass is 10.0. The van der Waals surface area contributed by atoms with Crippen LogP contribution in [0.3, 0.4) is 0 Å². The van der Waals surface area contributed by atoms with E-state index in [1.165, 1.54) is 10.7 Å². The van der Waals surface area contributed by atoms with Crippen molar-refractivity contribution in [2.75, 3.05) is 23.8 Å². The van der Waals surface area contributed by atoms with Crippen LogP contribution in [-0.2, 0) is 11.8 Å². The average Bonchev–Trinajstić information content (AvgIpc) is 3.04. The van der Waals surface area contributed by atoms with Crippen molar-refractivity contribution in [1.29, 1.82) is 5.26 Å². The first kappa shape index (κ1) is 21.3. The first-order valence-electron chi connectivity index (χ1n) is 9.69. The summed E-state index contributed by atoms with van der Waals surface area (Å²) in [7, 11) is 1.62. The minimum atomic E-state index is -1.22. The SMILES string of the molecule is Cn1nc(F)c2cc(Nc3nc(N[C@@H]4CCOC[C@@H]4NC(=O)O)c(F)cc3C#N)ccc21. The maximum absolute atomic E-state index is 14.6. The topological polar surface area (TPSA) is 137 Å². The van der Waals surface area contributed by atoms with E-state index < -0.39 is 29.9 Å². The molecule has 1 aliphatic heterocycles. The van der Waals surface area contributed by atoms with Crippen LogP contribution in [0.5, 0.6) is 0 Å². The Labute approximate surface area is 180 Å². The van der Waals surface area contributed by atoms with Crippen LogP contribution in [0.15, 0.2) is 24.3 Å². The van der Waals surface area contributed by atoms with E-state index in [1.54, 1.807) is 19.2 Å². The number of ether oxygens (including phenoxy) is 1. The number of aromatic nitrogens is 3. The van der Waals surface area contributed by atoms with Gasteiger partial charge in [0.25, 0.3) is 0 Å². The van der Waals surface area contributed by atoms with Crippen molar-refractivity contribution in [1.82, 2.24) is 20.1 Å². The molecule has 32 heavy (non-hydrogen) atoms. The molecule has 1 saturated heterocycles. The van der Waals surface area contributed by atoms with E-state index in [1.807, 2.05) is 6.07 Å². The van der Waals surface area contributed by atoms with E-state index in [-0.39, 0.29) is 29.2 Å². The number of nitrogens with zero attached hydrogens (tertiary/aromatic N) is 4. The minimum Gasteiger partial charge on any atom is -0.465 e. The molecule has 0 radical (unpaired) electrons. The minimum absolute atomic E-state index is 0.0491. The summed E-state index contributed by atoms with van der Waals surface area (Å²) in [4.78, 5) is 15.2. The number of carbonyl (C=O) groups is 1. The molecule has 3 heterocycles. The Morgan fingerprint density at radius 1 is 1.31 bits per heavy atom. The number of pyridine rings is 1. The van der Waals surface area contributed by atoms with Crippen LogP contribution in [0.2, 0.25) is 0 Å². The monoisotopic (exact) mass is 443 g/mol. The number of anilines is 3. The van der Waals surface area contributed by atoms with Crippen LogP contribution < -0.4 is 16.0 Å². The number of hydrogen-bond donors (Lipinski definition) is 4. The van der Waals surface area contributed by atoms with Gasteiger partial charge in [-0.1, -0.05) is 0 Å². The Morgan fingerprint density at radius 2 is 2.12 bits per heavy atom. The maximum Gasteiger partial charge on any atom is 0.405 e. The highest BCUT2D eigenvalue weighted by Gasteiger charge is 2.28. The van der Waals surface area contributed by atoms with Gasteiger partial charge in [-0.25, -0.2) is 14.2 Å². The summed E-state index contributed by atoms with van der Waals surface area (Å²) in [5, 5.41) is 30.6. The molecular formula is C20H19F2N7O3. The second-order valence-corrected chi connectivity index (χ2v) is 7.27. The predicted octanol–water partition coefficient (Wildman–Crippen LogP) is 2.70. The Bertz CT molecular complexity index is 1220. The van der Waals surface area contributed by atoms with Gasteiger partial charge in [0.2, 0.25) is 5.95 Å². The van der Waals surface area contributed by atoms with Crippen LogP contribution in [0.1, 0.15) is 12.0 Å². The number of carboxylic acid groups (broad SMARTS) is 1. The van der Waals surface area contributed by atoms with Gasteiger partial charge >= 0.3 is 6.09 Å². The van der Waals surface area contributed by atoms with E-state index in [0.717, 1.165) is 6.07 Å². The zero-order valence-electron chi connectivity index (χ0n) is 16.9. The molecule has 0 aliphatic carbocycles.